The van der Waals surface area contributed by atoms with Crippen molar-refractivity contribution in [1.82, 2.24) is 19.7 Å². The minimum Gasteiger partial charge on any atom is -0.342 e. The van der Waals surface area contributed by atoms with Gasteiger partial charge in [0.05, 0.1) is 5.75 Å². The van der Waals surface area contributed by atoms with Crippen molar-refractivity contribution in [1.29, 1.82) is 0 Å². The highest BCUT2D eigenvalue weighted by Crippen LogP contribution is 2.25. The standard InChI is InChI=1S/C17H21ClN4OS/c1-2-22-16(13-6-8-14(18)9-7-13)19-20-17(22)24-12-15(23)21-10-4-3-5-11-21/h6-9H,2-5,10-12H2,1H3. The molecule has 0 aliphatic carbocycles. The Morgan fingerprint density at radius 3 is 2.54 bits per heavy atom. The maximum atomic E-state index is 12.3. The van der Waals surface area contributed by atoms with Gasteiger partial charge in [-0.15, -0.1) is 10.2 Å². The second-order valence-corrected chi connectivity index (χ2v) is 7.17. The normalized spacial score (nSPS) is 14.8. The fraction of sp³-hybridized carbons (Fsp3) is 0.471. The van der Waals surface area contributed by atoms with E-state index in [9.17, 15) is 4.79 Å². The Balaban J connectivity index is 1.70. The number of nitrogens with zero attached hydrogens (tertiary/aromatic N) is 4. The minimum absolute atomic E-state index is 0.193. The number of hydrogen-bond acceptors (Lipinski definition) is 4. The van der Waals surface area contributed by atoms with E-state index in [1.807, 2.05) is 33.7 Å². The van der Waals surface area contributed by atoms with E-state index >= 15 is 0 Å². The van der Waals surface area contributed by atoms with E-state index in [-0.39, 0.29) is 5.91 Å². The topological polar surface area (TPSA) is 51.0 Å². The number of aromatic nitrogens is 3. The van der Waals surface area contributed by atoms with Crippen LogP contribution in [-0.4, -0.2) is 44.4 Å². The van der Waals surface area contributed by atoms with Gasteiger partial charge in [0.25, 0.3) is 0 Å². The Morgan fingerprint density at radius 2 is 1.88 bits per heavy atom. The first-order chi connectivity index (χ1) is 11.7. The maximum absolute atomic E-state index is 12.3. The molecule has 3 rings (SSSR count). The molecule has 0 spiro atoms. The molecule has 2 heterocycles. The number of hydrogen-bond donors (Lipinski definition) is 0. The molecule has 1 saturated heterocycles. The molecule has 1 aliphatic heterocycles. The number of rotatable bonds is 5. The van der Waals surface area contributed by atoms with Gasteiger partial charge in [0.2, 0.25) is 5.91 Å². The lowest BCUT2D eigenvalue weighted by molar-refractivity contribution is -0.129. The van der Waals surface area contributed by atoms with E-state index in [4.69, 9.17) is 11.6 Å². The monoisotopic (exact) mass is 364 g/mol. The average Bonchev–Trinajstić information content (AvgIpc) is 3.04. The Morgan fingerprint density at radius 1 is 1.17 bits per heavy atom. The Labute approximate surface area is 151 Å². The third-order valence-electron chi connectivity index (χ3n) is 4.17. The maximum Gasteiger partial charge on any atom is 0.233 e. The molecule has 5 nitrogen and oxygen atoms in total. The van der Waals surface area contributed by atoms with Gasteiger partial charge >= 0.3 is 0 Å². The summed E-state index contributed by atoms with van der Waals surface area (Å²) in [7, 11) is 0. The number of amides is 1. The van der Waals surface area contributed by atoms with Crippen molar-refractivity contribution in [3.63, 3.8) is 0 Å². The predicted octanol–water partition coefficient (Wildman–Crippen LogP) is 3.72. The summed E-state index contributed by atoms with van der Waals surface area (Å²) >= 11 is 7.41. The lowest BCUT2D eigenvalue weighted by Crippen LogP contribution is -2.36. The van der Waals surface area contributed by atoms with E-state index in [1.165, 1.54) is 18.2 Å². The van der Waals surface area contributed by atoms with Crippen LogP contribution in [0.4, 0.5) is 0 Å². The second-order valence-electron chi connectivity index (χ2n) is 5.79. The smallest absolute Gasteiger partial charge is 0.233 e. The zero-order chi connectivity index (χ0) is 16.9. The highest BCUT2D eigenvalue weighted by Gasteiger charge is 2.19. The van der Waals surface area contributed by atoms with Gasteiger partial charge in [-0.1, -0.05) is 23.4 Å². The van der Waals surface area contributed by atoms with Crippen LogP contribution in [0, 0.1) is 0 Å². The molecular formula is C17H21ClN4OS. The lowest BCUT2D eigenvalue weighted by atomic mass is 10.1. The first-order valence-corrected chi connectivity index (χ1v) is 9.65. The van der Waals surface area contributed by atoms with E-state index in [1.54, 1.807) is 0 Å². The van der Waals surface area contributed by atoms with E-state index in [0.29, 0.717) is 10.8 Å². The molecule has 0 radical (unpaired) electrons. The van der Waals surface area contributed by atoms with Crippen LogP contribution in [0.3, 0.4) is 0 Å². The van der Waals surface area contributed by atoms with Crippen LogP contribution < -0.4 is 0 Å². The summed E-state index contributed by atoms with van der Waals surface area (Å²) in [4.78, 5) is 14.3. The van der Waals surface area contributed by atoms with E-state index in [0.717, 1.165) is 49.0 Å². The van der Waals surface area contributed by atoms with Crippen molar-refractivity contribution in [3.8, 4) is 11.4 Å². The van der Waals surface area contributed by atoms with Gasteiger partial charge in [-0.2, -0.15) is 0 Å². The average molecular weight is 365 g/mol. The molecule has 2 aromatic rings. The molecule has 0 unspecified atom stereocenters. The first-order valence-electron chi connectivity index (χ1n) is 8.28. The van der Waals surface area contributed by atoms with Gasteiger partial charge in [-0.3, -0.25) is 4.79 Å². The Hall–Kier alpha value is -1.53. The summed E-state index contributed by atoms with van der Waals surface area (Å²) in [6.07, 6.45) is 3.45. The number of likely N-dealkylation sites (tertiary alicyclic amines) is 1. The summed E-state index contributed by atoms with van der Waals surface area (Å²) < 4.78 is 2.04. The summed E-state index contributed by atoms with van der Waals surface area (Å²) in [5, 5.41) is 10.1. The summed E-state index contributed by atoms with van der Waals surface area (Å²) in [5.41, 5.74) is 0.975. The molecular weight excluding hydrogens is 344 g/mol. The summed E-state index contributed by atoms with van der Waals surface area (Å²) in [6, 6.07) is 7.56. The van der Waals surface area contributed by atoms with Crippen molar-refractivity contribution in [2.45, 2.75) is 37.9 Å². The van der Waals surface area contributed by atoms with Crippen LogP contribution in [0.5, 0.6) is 0 Å². The highest BCUT2D eigenvalue weighted by atomic mass is 35.5. The quantitative estimate of drug-likeness (QED) is 0.758. The summed E-state index contributed by atoms with van der Waals surface area (Å²) in [6.45, 7) is 4.58. The van der Waals surface area contributed by atoms with Crippen molar-refractivity contribution in [2.75, 3.05) is 18.8 Å². The Kier molecular flexibility index (Phi) is 5.79. The molecule has 0 saturated carbocycles. The summed E-state index contributed by atoms with van der Waals surface area (Å²) in [5.74, 6) is 1.42. The third kappa shape index (κ3) is 3.92. The van der Waals surface area contributed by atoms with Crippen LogP contribution in [0.15, 0.2) is 29.4 Å². The zero-order valence-electron chi connectivity index (χ0n) is 13.7. The zero-order valence-corrected chi connectivity index (χ0v) is 15.3. The van der Waals surface area contributed by atoms with Gasteiger partial charge in [0.15, 0.2) is 11.0 Å². The van der Waals surface area contributed by atoms with Crippen LogP contribution in [0.25, 0.3) is 11.4 Å². The lowest BCUT2D eigenvalue weighted by Gasteiger charge is -2.26. The number of carbonyl (C=O) groups excluding carboxylic acids is 1. The SMILES string of the molecule is CCn1c(SCC(=O)N2CCCCC2)nnc1-c1ccc(Cl)cc1. The number of thioether (sulfide) groups is 1. The van der Waals surface area contributed by atoms with Gasteiger partial charge in [0.1, 0.15) is 0 Å². The van der Waals surface area contributed by atoms with Gasteiger partial charge < -0.3 is 9.47 Å². The molecule has 1 amide bonds. The number of benzene rings is 1. The molecule has 7 heteroatoms. The first kappa shape index (κ1) is 17.3. The van der Waals surface area contributed by atoms with E-state index < -0.39 is 0 Å². The Bertz CT molecular complexity index is 695. The van der Waals surface area contributed by atoms with Crippen molar-refractivity contribution < 1.29 is 4.79 Å². The molecule has 0 bridgehead atoms. The molecule has 1 aromatic carbocycles. The molecule has 0 atom stereocenters. The van der Waals surface area contributed by atoms with Crippen molar-refractivity contribution in [2.24, 2.45) is 0 Å². The van der Waals surface area contributed by atoms with Crippen LogP contribution in [-0.2, 0) is 11.3 Å². The number of piperidine rings is 1. The van der Waals surface area contributed by atoms with E-state index in [2.05, 4.69) is 17.1 Å². The molecule has 0 N–H and O–H groups in total. The second kappa shape index (κ2) is 8.03. The number of carbonyl (C=O) groups is 1. The molecule has 24 heavy (non-hydrogen) atoms. The van der Waals surface area contributed by atoms with Gasteiger partial charge in [0, 0.05) is 30.2 Å². The molecule has 1 aromatic heterocycles. The van der Waals surface area contributed by atoms with Gasteiger partial charge in [-0.25, -0.2) is 0 Å². The molecule has 128 valence electrons. The van der Waals surface area contributed by atoms with Crippen LogP contribution >= 0.6 is 23.4 Å². The highest BCUT2D eigenvalue weighted by molar-refractivity contribution is 7.99. The molecule has 1 aliphatic rings. The van der Waals surface area contributed by atoms with Crippen LogP contribution in [0.2, 0.25) is 5.02 Å². The predicted molar refractivity (Wildman–Crippen MR) is 97.3 cm³/mol. The minimum atomic E-state index is 0.193. The van der Waals surface area contributed by atoms with Gasteiger partial charge in [-0.05, 0) is 50.5 Å². The molecule has 1 fully saturated rings. The van der Waals surface area contributed by atoms with Crippen LogP contribution in [0.1, 0.15) is 26.2 Å². The fourth-order valence-corrected chi connectivity index (χ4v) is 3.89. The third-order valence-corrected chi connectivity index (χ3v) is 5.37. The fourth-order valence-electron chi connectivity index (χ4n) is 2.85. The van der Waals surface area contributed by atoms with Crippen molar-refractivity contribution >= 4 is 29.3 Å². The largest absolute Gasteiger partial charge is 0.342 e. The van der Waals surface area contributed by atoms with Crippen molar-refractivity contribution in [3.05, 3.63) is 29.3 Å². The number of halogens is 1.